The molecule has 0 aliphatic carbocycles. The van der Waals surface area contributed by atoms with Gasteiger partial charge in [0.1, 0.15) is 5.00 Å². The predicted octanol–water partition coefficient (Wildman–Crippen LogP) is 1.25. The Morgan fingerprint density at radius 2 is 2.05 bits per heavy atom. The summed E-state index contributed by atoms with van der Waals surface area (Å²) in [5.74, 6) is -0.646. The first-order chi connectivity index (χ1) is 9.29. The number of rotatable bonds is 5. The van der Waals surface area contributed by atoms with Gasteiger partial charge in [0.05, 0.1) is 19.3 Å². The van der Waals surface area contributed by atoms with E-state index in [9.17, 15) is 18.0 Å². The second kappa shape index (κ2) is 6.57. The number of carbonyl (C=O) groups is 2. The fraction of sp³-hybridized carbons (Fsp3) is 0.400. The van der Waals surface area contributed by atoms with E-state index in [1.807, 2.05) is 0 Å². The second-order valence-corrected chi connectivity index (χ2v) is 6.19. The highest BCUT2D eigenvalue weighted by molar-refractivity contribution is 7.91. The van der Waals surface area contributed by atoms with Crippen LogP contribution in [0.2, 0.25) is 0 Å². The molecule has 0 saturated heterocycles. The van der Waals surface area contributed by atoms with Crippen LogP contribution in [-0.4, -0.2) is 34.2 Å². The summed E-state index contributed by atoms with van der Waals surface area (Å²) < 4.78 is 36.0. The minimum Gasteiger partial charge on any atom is -0.462 e. The summed E-state index contributed by atoms with van der Waals surface area (Å²) in [5, 5.41) is 0.0670. The van der Waals surface area contributed by atoms with Gasteiger partial charge in [-0.3, -0.25) is 4.72 Å². The molecule has 0 unspecified atom stereocenters. The zero-order chi connectivity index (χ0) is 15.3. The van der Waals surface area contributed by atoms with Crippen LogP contribution in [0.1, 0.15) is 22.2 Å². The summed E-state index contributed by atoms with van der Waals surface area (Å²) in [4.78, 5) is 23.3. The van der Waals surface area contributed by atoms with Gasteiger partial charge in [-0.05, 0) is 19.9 Å². The van der Waals surface area contributed by atoms with Crippen molar-refractivity contribution in [2.45, 2.75) is 13.8 Å². The molecule has 0 bridgehead atoms. The molecule has 1 heterocycles. The number of anilines is 1. The third-order valence-corrected chi connectivity index (χ3v) is 3.98. The molecular formula is C10H14N2O6S2. The molecule has 10 heteroatoms. The topological polar surface area (TPSA) is 111 Å². The molecule has 1 amide bonds. The van der Waals surface area contributed by atoms with Crippen LogP contribution >= 0.6 is 11.3 Å². The monoisotopic (exact) mass is 322 g/mol. The Bertz CT molecular complexity index is 607. The third-order valence-electron chi connectivity index (χ3n) is 1.98. The molecule has 1 aromatic heterocycles. The number of carbonyl (C=O) groups excluding carboxylic acids is 2. The molecule has 20 heavy (non-hydrogen) atoms. The van der Waals surface area contributed by atoms with Crippen molar-refractivity contribution in [3.05, 3.63) is 16.5 Å². The molecule has 0 aliphatic rings. The molecule has 0 spiro atoms. The Hall–Kier alpha value is -1.81. The maximum atomic E-state index is 11.7. The van der Waals surface area contributed by atoms with Crippen molar-refractivity contribution in [1.82, 2.24) is 4.72 Å². The van der Waals surface area contributed by atoms with Gasteiger partial charge in [-0.1, -0.05) is 0 Å². The van der Waals surface area contributed by atoms with Crippen LogP contribution in [0, 0.1) is 6.92 Å². The molecule has 2 N–H and O–H groups in total. The number of esters is 1. The smallest absolute Gasteiger partial charge is 0.422 e. The maximum absolute atomic E-state index is 11.7. The van der Waals surface area contributed by atoms with Crippen LogP contribution < -0.4 is 9.44 Å². The molecule has 0 aliphatic heterocycles. The second-order valence-electron chi connectivity index (χ2n) is 3.52. The summed E-state index contributed by atoms with van der Waals surface area (Å²) in [6.45, 7) is 3.51. The molecular weight excluding hydrogens is 308 g/mol. The highest BCUT2D eigenvalue weighted by atomic mass is 32.2. The Morgan fingerprint density at radius 1 is 1.40 bits per heavy atom. The largest absolute Gasteiger partial charge is 0.462 e. The number of hydrogen-bond acceptors (Lipinski definition) is 7. The normalized spacial score (nSPS) is 10.8. The average molecular weight is 322 g/mol. The zero-order valence-electron chi connectivity index (χ0n) is 11.1. The summed E-state index contributed by atoms with van der Waals surface area (Å²) in [6.07, 6.45) is -1.14. The lowest BCUT2D eigenvalue weighted by Gasteiger charge is -2.08. The van der Waals surface area contributed by atoms with Crippen LogP contribution in [0.25, 0.3) is 0 Å². The molecule has 0 saturated carbocycles. The van der Waals surface area contributed by atoms with Gasteiger partial charge in [-0.15, -0.1) is 11.3 Å². The van der Waals surface area contributed by atoms with Crippen LogP contribution in [-0.2, 0) is 19.7 Å². The van der Waals surface area contributed by atoms with E-state index in [1.54, 1.807) is 18.6 Å². The summed E-state index contributed by atoms with van der Waals surface area (Å²) in [7, 11) is -3.14. The molecule has 0 atom stereocenters. The van der Waals surface area contributed by atoms with Crippen molar-refractivity contribution < 1.29 is 27.5 Å². The van der Waals surface area contributed by atoms with Gasteiger partial charge in [0.2, 0.25) is 0 Å². The first-order valence-electron chi connectivity index (χ1n) is 5.45. The minimum atomic E-state index is -4.18. The van der Waals surface area contributed by atoms with E-state index in [0.717, 1.165) is 18.4 Å². The Morgan fingerprint density at radius 3 is 2.60 bits per heavy atom. The molecule has 8 nitrogen and oxygen atoms in total. The van der Waals surface area contributed by atoms with Crippen molar-refractivity contribution in [2.24, 2.45) is 0 Å². The average Bonchev–Trinajstić information content (AvgIpc) is 2.68. The molecule has 0 fully saturated rings. The maximum Gasteiger partial charge on any atom is 0.422 e. The number of nitrogens with one attached hydrogen (secondary N) is 2. The lowest BCUT2D eigenvalue weighted by Crippen LogP contribution is -2.35. The number of ether oxygens (including phenoxy) is 2. The van der Waals surface area contributed by atoms with Crippen LogP contribution in [0.15, 0.2) is 6.07 Å². The Labute approximate surface area is 120 Å². The van der Waals surface area contributed by atoms with Gasteiger partial charge in [-0.2, -0.15) is 8.42 Å². The first kappa shape index (κ1) is 16.2. The number of amides is 1. The standard InChI is InChI=1S/C10H14N2O6S2/c1-4-18-9(13)7-5-6(2)19-8(7)11-20(15,16)12-10(14)17-3/h5,11H,4H2,1-3H3,(H,12,14). The summed E-state index contributed by atoms with van der Waals surface area (Å²) in [5.41, 5.74) is 0.0876. The quantitative estimate of drug-likeness (QED) is 0.789. The van der Waals surface area contributed by atoms with Crippen molar-refractivity contribution in [3.63, 3.8) is 0 Å². The van der Waals surface area contributed by atoms with E-state index in [4.69, 9.17) is 4.74 Å². The van der Waals surface area contributed by atoms with E-state index < -0.39 is 22.3 Å². The molecule has 1 rings (SSSR count). The van der Waals surface area contributed by atoms with Gasteiger partial charge in [0, 0.05) is 4.88 Å². The highest BCUT2D eigenvalue weighted by Gasteiger charge is 2.22. The van der Waals surface area contributed by atoms with Crippen LogP contribution in [0.5, 0.6) is 0 Å². The fourth-order valence-electron chi connectivity index (χ4n) is 1.25. The van der Waals surface area contributed by atoms with E-state index >= 15 is 0 Å². The Kier molecular flexibility index (Phi) is 5.34. The molecule has 0 radical (unpaired) electrons. The molecule has 0 aromatic carbocycles. The molecule has 112 valence electrons. The number of aryl methyl sites for hydroxylation is 1. The lowest BCUT2D eigenvalue weighted by molar-refractivity contribution is 0.0528. The third kappa shape index (κ3) is 4.38. The van der Waals surface area contributed by atoms with Crippen molar-refractivity contribution >= 4 is 38.6 Å². The predicted molar refractivity (Wildman–Crippen MR) is 73.1 cm³/mol. The van der Waals surface area contributed by atoms with Gasteiger partial charge >= 0.3 is 22.3 Å². The lowest BCUT2D eigenvalue weighted by atomic mass is 10.3. The van der Waals surface area contributed by atoms with Gasteiger partial charge in [0.15, 0.2) is 0 Å². The van der Waals surface area contributed by atoms with Crippen molar-refractivity contribution in [1.29, 1.82) is 0 Å². The molecule has 1 aromatic rings. The Balaban J connectivity index is 2.98. The number of thiophene rings is 1. The fourth-order valence-corrected chi connectivity index (χ4v) is 3.20. The van der Waals surface area contributed by atoms with E-state index in [1.165, 1.54) is 6.07 Å². The SMILES string of the molecule is CCOC(=O)c1cc(C)sc1NS(=O)(=O)NC(=O)OC. The van der Waals surface area contributed by atoms with Gasteiger partial charge in [-0.25, -0.2) is 14.3 Å². The zero-order valence-corrected chi connectivity index (χ0v) is 12.7. The highest BCUT2D eigenvalue weighted by Crippen LogP contribution is 2.28. The van der Waals surface area contributed by atoms with Crippen LogP contribution in [0.3, 0.4) is 0 Å². The number of hydrogen-bond donors (Lipinski definition) is 2. The van der Waals surface area contributed by atoms with Crippen LogP contribution in [0.4, 0.5) is 9.80 Å². The minimum absolute atomic E-state index is 0.0670. The van der Waals surface area contributed by atoms with E-state index in [-0.39, 0.29) is 17.2 Å². The summed E-state index contributed by atoms with van der Waals surface area (Å²) in [6, 6.07) is 1.50. The van der Waals surface area contributed by atoms with E-state index in [0.29, 0.717) is 4.88 Å². The summed E-state index contributed by atoms with van der Waals surface area (Å²) >= 11 is 1.05. The van der Waals surface area contributed by atoms with Crippen molar-refractivity contribution in [3.8, 4) is 0 Å². The van der Waals surface area contributed by atoms with E-state index in [2.05, 4.69) is 9.46 Å². The van der Waals surface area contributed by atoms with Crippen molar-refractivity contribution in [2.75, 3.05) is 18.4 Å². The number of methoxy groups -OCH3 is 1. The first-order valence-corrected chi connectivity index (χ1v) is 7.75. The van der Waals surface area contributed by atoms with Gasteiger partial charge in [0.25, 0.3) is 0 Å². The van der Waals surface area contributed by atoms with Gasteiger partial charge < -0.3 is 9.47 Å².